The number of benzene rings is 2. The van der Waals surface area contributed by atoms with E-state index in [0.29, 0.717) is 16.3 Å². The summed E-state index contributed by atoms with van der Waals surface area (Å²) in [4.78, 5) is 40.4. The molecule has 3 aromatic rings. The molecule has 9 heteroatoms. The molecule has 2 amide bonds. The number of aromatic nitrogens is 1. The van der Waals surface area contributed by atoms with Crippen LogP contribution in [0.2, 0.25) is 0 Å². The van der Waals surface area contributed by atoms with Gasteiger partial charge >= 0.3 is 12.1 Å². The SMILES string of the molecule is CC(C)(CCNC(=O)c1cnc(CNC(=O)OCC2c3ccccc3-c3ccccc32)s1)C(=O)O. The normalized spacial score (nSPS) is 12.5. The number of thiazole rings is 1. The molecular formula is C26H27N3O5S. The highest BCUT2D eigenvalue weighted by molar-refractivity contribution is 7.13. The maximum absolute atomic E-state index is 12.3. The van der Waals surface area contributed by atoms with E-state index >= 15 is 0 Å². The van der Waals surface area contributed by atoms with Crippen molar-refractivity contribution >= 4 is 29.3 Å². The molecule has 0 saturated heterocycles. The minimum absolute atomic E-state index is 0.0191. The Labute approximate surface area is 207 Å². The van der Waals surface area contributed by atoms with Crippen molar-refractivity contribution in [2.75, 3.05) is 13.2 Å². The quantitative estimate of drug-likeness (QED) is 0.406. The van der Waals surface area contributed by atoms with Gasteiger partial charge in [0.1, 0.15) is 16.5 Å². The van der Waals surface area contributed by atoms with E-state index in [1.165, 1.54) is 6.20 Å². The molecule has 2 aromatic carbocycles. The molecule has 0 unspecified atom stereocenters. The van der Waals surface area contributed by atoms with Crippen LogP contribution in [0.1, 0.15) is 52.0 Å². The predicted molar refractivity (Wildman–Crippen MR) is 132 cm³/mol. The maximum atomic E-state index is 12.3. The lowest BCUT2D eigenvalue weighted by Crippen LogP contribution is -2.31. The first kappa shape index (κ1) is 24.4. The summed E-state index contributed by atoms with van der Waals surface area (Å²) >= 11 is 1.16. The van der Waals surface area contributed by atoms with Crippen molar-refractivity contribution in [2.24, 2.45) is 5.41 Å². The first-order valence-electron chi connectivity index (χ1n) is 11.3. The van der Waals surface area contributed by atoms with Crippen molar-refractivity contribution < 1.29 is 24.2 Å². The van der Waals surface area contributed by atoms with Gasteiger partial charge in [-0.2, -0.15) is 0 Å². The molecule has 1 aliphatic rings. The lowest BCUT2D eigenvalue weighted by Gasteiger charge is -2.18. The predicted octanol–water partition coefficient (Wildman–Crippen LogP) is 4.41. The fourth-order valence-electron chi connectivity index (χ4n) is 3.98. The first-order valence-corrected chi connectivity index (χ1v) is 12.1. The number of ether oxygens (including phenoxy) is 1. The number of carboxylic acids is 1. The number of carboxylic acid groups (broad SMARTS) is 1. The second-order valence-corrected chi connectivity index (χ2v) is 10.1. The lowest BCUT2D eigenvalue weighted by molar-refractivity contribution is -0.147. The molecule has 0 aliphatic heterocycles. The van der Waals surface area contributed by atoms with Gasteiger partial charge in [0.15, 0.2) is 0 Å². The summed E-state index contributed by atoms with van der Waals surface area (Å²) in [6, 6.07) is 16.3. The molecule has 8 nitrogen and oxygen atoms in total. The zero-order valence-corrected chi connectivity index (χ0v) is 20.4. The zero-order valence-electron chi connectivity index (χ0n) is 19.5. The molecule has 0 saturated carbocycles. The van der Waals surface area contributed by atoms with Crippen LogP contribution in [0.3, 0.4) is 0 Å². The number of aliphatic carboxylic acids is 1. The van der Waals surface area contributed by atoms with E-state index < -0.39 is 17.5 Å². The average molecular weight is 494 g/mol. The van der Waals surface area contributed by atoms with Crippen molar-refractivity contribution in [1.29, 1.82) is 0 Å². The summed E-state index contributed by atoms with van der Waals surface area (Å²) in [5.41, 5.74) is 3.70. The molecule has 0 bridgehead atoms. The highest BCUT2D eigenvalue weighted by Gasteiger charge is 2.29. The van der Waals surface area contributed by atoms with E-state index in [9.17, 15) is 14.4 Å². The number of nitrogens with zero attached hydrogens (tertiary/aromatic N) is 1. The Bertz CT molecular complexity index is 1210. The fraction of sp³-hybridized carbons (Fsp3) is 0.308. The van der Waals surface area contributed by atoms with Gasteiger partial charge in [-0.15, -0.1) is 11.3 Å². The minimum Gasteiger partial charge on any atom is -0.481 e. The van der Waals surface area contributed by atoms with Crippen LogP contribution in [0.4, 0.5) is 4.79 Å². The van der Waals surface area contributed by atoms with Crippen molar-refractivity contribution in [2.45, 2.75) is 32.7 Å². The topological polar surface area (TPSA) is 118 Å². The van der Waals surface area contributed by atoms with E-state index in [1.807, 2.05) is 24.3 Å². The second kappa shape index (κ2) is 10.3. The molecule has 4 rings (SSSR count). The molecule has 1 heterocycles. The van der Waals surface area contributed by atoms with Gasteiger partial charge in [-0.25, -0.2) is 9.78 Å². The van der Waals surface area contributed by atoms with Crippen molar-refractivity contribution in [3.8, 4) is 11.1 Å². The van der Waals surface area contributed by atoms with Gasteiger partial charge in [0.05, 0.1) is 18.2 Å². The van der Waals surface area contributed by atoms with Crippen molar-refractivity contribution in [1.82, 2.24) is 15.6 Å². The monoisotopic (exact) mass is 493 g/mol. The molecule has 0 fully saturated rings. The van der Waals surface area contributed by atoms with Crippen LogP contribution in [-0.2, 0) is 16.1 Å². The summed E-state index contributed by atoms with van der Waals surface area (Å²) < 4.78 is 5.52. The first-order chi connectivity index (χ1) is 16.8. The summed E-state index contributed by atoms with van der Waals surface area (Å²) in [5.74, 6) is -1.25. The number of nitrogens with one attached hydrogen (secondary N) is 2. The summed E-state index contributed by atoms with van der Waals surface area (Å²) in [6.07, 6.45) is 1.20. The Kier molecular flexibility index (Phi) is 7.16. The average Bonchev–Trinajstić information content (AvgIpc) is 3.44. The second-order valence-electron chi connectivity index (χ2n) is 8.99. The van der Waals surface area contributed by atoms with Crippen LogP contribution in [-0.4, -0.2) is 41.2 Å². The smallest absolute Gasteiger partial charge is 0.407 e. The van der Waals surface area contributed by atoms with Gasteiger partial charge < -0.3 is 20.5 Å². The third-order valence-corrected chi connectivity index (χ3v) is 7.12. The molecular weight excluding hydrogens is 466 g/mol. The zero-order chi connectivity index (χ0) is 25.0. The number of rotatable bonds is 9. The van der Waals surface area contributed by atoms with Gasteiger partial charge in [-0.3, -0.25) is 9.59 Å². The fourth-order valence-corrected chi connectivity index (χ4v) is 4.75. The number of alkyl carbamates (subject to hydrolysis) is 1. The van der Waals surface area contributed by atoms with Gasteiger partial charge in [0.2, 0.25) is 0 Å². The van der Waals surface area contributed by atoms with E-state index in [4.69, 9.17) is 9.84 Å². The van der Waals surface area contributed by atoms with Crippen molar-refractivity contribution in [3.63, 3.8) is 0 Å². The molecule has 182 valence electrons. The molecule has 1 aliphatic carbocycles. The number of carbonyl (C=O) groups is 3. The Morgan fingerprint density at radius 2 is 1.66 bits per heavy atom. The van der Waals surface area contributed by atoms with Crippen LogP contribution in [0.5, 0.6) is 0 Å². The summed E-state index contributed by atoms with van der Waals surface area (Å²) in [7, 11) is 0. The number of amides is 2. The Morgan fingerprint density at radius 1 is 1.03 bits per heavy atom. The number of fused-ring (bicyclic) bond motifs is 3. The molecule has 0 atom stereocenters. The highest BCUT2D eigenvalue weighted by atomic mass is 32.1. The Hall–Kier alpha value is -3.72. The van der Waals surface area contributed by atoms with Gasteiger partial charge in [0, 0.05) is 12.5 Å². The van der Waals surface area contributed by atoms with Crippen LogP contribution < -0.4 is 10.6 Å². The van der Waals surface area contributed by atoms with Crippen LogP contribution in [0, 0.1) is 5.41 Å². The maximum Gasteiger partial charge on any atom is 0.407 e. The molecule has 3 N–H and O–H groups in total. The summed E-state index contributed by atoms with van der Waals surface area (Å²) in [5, 5.41) is 15.1. The summed E-state index contributed by atoms with van der Waals surface area (Å²) in [6.45, 7) is 3.82. The molecule has 0 spiro atoms. The molecule has 35 heavy (non-hydrogen) atoms. The van der Waals surface area contributed by atoms with E-state index in [0.717, 1.165) is 33.6 Å². The van der Waals surface area contributed by atoms with Crippen LogP contribution in [0.25, 0.3) is 11.1 Å². The number of carbonyl (C=O) groups excluding carboxylic acids is 2. The van der Waals surface area contributed by atoms with Crippen LogP contribution in [0.15, 0.2) is 54.7 Å². The Morgan fingerprint density at radius 3 is 2.29 bits per heavy atom. The standard InChI is InChI=1S/C26H27N3O5S/c1-26(2,24(31)32)11-12-27-23(30)21-13-28-22(35-21)14-29-25(33)34-15-20-18-9-5-3-7-16(18)17-8-4-6-10-19(17)20/h3-10,13,20H,11-12,14-15H2,1-2H3,(H,27,30)(H,29,33)(H,31,32). The third-order valence-electron chi connectivity index (χ3n) is 6.12. The number of hydrogen-bond acceptors (Lipinski definition) is 6. The van der Waals surface area contributed by atoms with Crippen molar-refractivity contribution in [3.05, 3.63) is 75.7 Å². The van der Waals surface area contributed by atoms with E-state index in [2.05, 4.69) is 39.9 Å². The van der Waals surface area contributed by atoms with Crippen LogP contribution >= 0.6 is 11.3 Å². The molecule has 1 aromatic heterocycles. The van der Waals surface area contributed by atoms with E-state index in [1.54, 1.807) is 13.8 Å². The van der Waals surface area contributed by atoms with Gasteiger partial charge in [-0.05, 0) is 42.5 Å². The Balaban J connectivity index is 1.26. The third kappa shape index (κ3) is 5.51. The molecule has 0 radical (unpaired) electrons. The van der Waals surface area contributed by atoms with Gasteiger partial charge in [-0.1, -0.05) is 48.5 Å². The number of hydrogen-bond donors (Lipinski definition) is 3. The van der Waals surface area contributed by atoms with Gasteiger partial charge in [0.25, 0.3) is 5.91 Å². The highest BCUT2D eigenvalue weighted by Crippen LogP contribution is 2.44. The lowest BCUT2D eigenvalue weighted by atomic mass is 9.90. The largest absolute Gasteiger partial charge is 0.481 e. The minimum atomic E-state index is -0.918. The van der Waals surface area contributed by atoms with E-state index in [-0.39, 0.29) is 31.5 Å².